The molecule has 2 aliphatic rings. The van der Waals surface area contributed by atoms with Crippen molar-refractivity contribution in [1.29, 1.82) is 0 Å². The van der Waals surface area contributed by atoms with Crippen LogP contribution in [0.5, 0.6) is 0 Å². The lowest BCUT2D eigenvalue weighted by Crippen LogP contribution is -2.29. The first-order valence-corrected chi connectivity index (χ1v) is 12.5. The van der Waals surface area contributed by atoms with E-state index < -0.39 is 10.0 Å². The van der Waals surface area contributed by atoms with Crippen molar-refractivity contribution in [3.8, 4) is 0 Å². The van der Waals surface area contributed by atoms with Gasteiger partial charge in [-0.2, -0.15) is 0 Å². The number of benzene rings is 3. The van der Waals surface area contributed by atoms with Crippen molar-refractivity contribution in [2.45, 2.75) is 44.0 Å². The zero-order valence-electron chi connectivity index (χ0n) is 18.6. The number of hydrogen-bond donors (Lipinski definition) is 2. The van der Waals surface area contributed by atoms with Gasteiger partial charge < -0.3 is 5.32 Å². The summed E-state index contributed by atoms with van der Waals surface area (Å²) in [6.45, 7) is 6.09. The van der Waals surface area contributed by atoms with E-state index in [9.17, 15) is 8.42 Å². The third-order valence-electron chi connectivity index (χ3n) is 6.84. The summed E-state index contributed by atoms with van der Waals surface area (Å²) in [5.74, 6) is 0.574. The molecule has 32 heavy (non-hydrogen) atoms. The van der Waals surface area contributed by atoms with Gasteiger partial charge in [-0.05, 0) is 85.7 Å². The highest BCUT2D eigenvalue weighted by Gasteiger charge is 2.38. The fraction of sp³-hybridized carbons (Fsp3) is 0.259. The molecule has 164 valence electrons. The Balaban J connectivity index is 1.48. The monoisotopic (exact) mass is 444 g/mol. The van der Waals surface area contributed by atoms with Gasteiger partial charge in [-0.15, -0.1) is 0 Å². The van der Waals surface area contributed by atoms with Crippen LogP contribution < -0.4 is 10.0 Å². The first kappa shape index (κ1) is 20.8. The maximum Gasteiger partial charge on any atom is 0.261 e. The summed E-state index contributed by atoms with van der Waals surface area (Å²) >= 11 is 0. The number of anilines is 2. The number of nitrogens with one attached hydrogen (secondary N) is 2. The summed E-state index contributed by atoms with van der Waals surface area (Å²) in [4.78, 5) is 0.295. The SMILES string of the molecule is Cc1ccc([C@H]2Nc3ccc(S(=O)(=O)Nc4ccc(C)c(C)c4)cc3[C@H]3C=CC[C@H]32)cc1. The van der Waals surface area contributed by atoms with E-state index in [0.29, 0.717) is 16.5 Å². The number of allylic oxidation sites excluding steroid dienone is 2. The van der Waals surface area contributed by atoms with Gasteiger partial charge in [0.2, 0.25) is 0 Å². The van der Waals surface area contributed by atoms with Gasteiger partial charge >= 0.3 is 0 Å². The molecule has 0 amide bonds. The molecule has 3 aromatic rings. The normalized spacial score (nSPS) is 21.5. The lowest BCUT2D eigenvalue weighted by atomic mass is 9.77. The van der Waals surface area contributed by atoms with Crippen molar-refractivity contribution >= 4 is 21.4 Å². The van der Waals surface area contributed by atoms with Crippen molar-refractivity contribution < 1.29 is 8.42 Å². The molecular weight excluding hydrogens is 416 g/mol. The Morgan fingerprint density at radius 3 is 2.44 bits per heavy atom. The zero-order chi connectivity index (χ0) is 22.5. The minimum Gasteiger partial charge on any atom is -0.378 e. The summed E-state index contributed by atoms with van der Waals surface area (Å²) in [5, 5.41) is 3.69. The van der Waals surface area contributed by atoms with E-state index in [1.807, 2.05) is 44.2 Å². The molecule has 4 nitrogen and oxygen atoms in total. The molecule has 0 fully saturated rings. The van der Waals surface area contributed by atoms with Crippen LogP contribution in [-0.4, -0.2) is 8.42 Å². The van der Waals surface area contributed by atoms with E-state index in [2.05, 4.69) is 53.4 Å². The van der Waals surface area contributed by atoms with Gasteiger partial charge in [-0.3, -0.25) is 4.72 Å². The minimum absolute atomic E-state index is 0.203. The van der Waals surface area contributed by atoms with Crippen LogP contribution in [0.4, 0.5) is 11.4 Å². The van der Waals surface area contributed by atoms with Crippen LogP contribution in [0.3, 0.4) is 0 Å². The average molecular weight is 445 g/mol. The number of rotatable bonds is 4. The summed E-state index contributed by atoms with van der Waals surface area (Å²) in [6, 6.07) is 20.0. The fourth-order valence-corrected chi connectivity index (χ4v) is 5.95. The van der Waals surface area contributed by atoms with Gasteiger partial charge in [0, 0.05) is 17.3 Å². The number of aryl methyl sites for hydroxylation is 3. The van der Waals surface area contributed by atoms with Gasteiger partial charge in [0.15, 0.2) is 0 Å². The van der Waals surface area contributed by atoms with E-state index in [-0.39, 0.29) is 12.0 Å². The van der Waals surface area contributed by atoms with E-state index in [4.69, 9.17) is 0 Å². The Kier molecular flexibility index (Phi) is 5.09. The molecular formula is C27H28N2O2S. The van der Waals surface area contributed by atoms with Crippen LogP contribution in [0.1, 0.15) is 46.2 Å². The predicted octanol–water partition coefficient (Wildman–Crippen LogP) is 6.24. The highest BCUT2D eigenvalue weighted by Crippen LogP contribution is 2.50. The van der Waals surface area contributed by atoms with Gasteiger partial charge in [-0.1, -0.05) is 48.0 Å². The van der Waals surface area contributed by atoms with Crippen molar-refractivity contribution in [2.75, 3.05) is 10.0 Å². The van der Waals surface area contributed by atoms with E-state index in [1.54, 1.807) is 6.07 Å². The summed E-state index contributed by atoms with van der Waals surface area (Å²) in [6.07, 6.45) is 5.44. The van der Waals surface area contributed by atoms with Crippen LogP contribution in [0.25, 0.3) is 0 Å². The molecule has 0 aromatic heterocycles. The first-order valence-electron chi connectivity index (χ1n) is 11.1. The molecule has 0 radical (unpaired) electrons. The average Bonchev–Trinajstić information content (AvgIpc) is 3.26. The molecule has 1 aliphatic carbocycles. The molecule has 1 aliphatic heterocycles. The lowest BCUT2D eigenvalue weighted by molar-refractivity contribution is 0.425. The maximum absolute atomic E-state index is 13.1. The Morgan fingerprint density at radius 1 is 0.906 bits per heavy atom. The Labute approximate surface area is 190 Å². The number of fused-ring (bicyclic) bond motifs is 3. The number of hydrogen-bond acceptors (Lipinski definition) is 3. The smallest absolute Gasteiger partial charge is 0.261 e. The highest BCUT2D eigenvalue weighted by atomic mass is 32.2. The van der Waals surface area contributed by atoms with E-state index in [1.165, 1.54) is 11.1 Å². The zero-order valence-corrected chi connectivity index (χ0v) is 19.4. The highest BCUT2D eigenvalue weighted by molar-refractivity contribution is 7.92. The Hall–Kier alpha value is -3.05. The molecule has 0 saturated carbocycles. The molecule has 0 bridgehead atoms. The van der Waals surface area contributed by atoms with Crippen molar-refractivity contribution in [2.24, 2.45) is 5.92 Å². The fourth-order valence-electron chi connectivity index (χ4n) is 4.86. The van der Waals surface area contributed by atoms with Crippen molar-refractivity contribution in [3.63, 3.8) is 0 Å². The molecule has 3 aromatic carbocycles. The summed E-state index contributed by atoms with van der Waals surface area (Å²) in [5.41, 5.74) is 7.35. The Morgan fingerprint density at radius 2 is 1.69 bits per heavy atom. The largest absolute Gasteiger partial charge is 0.378 e. The van der Waals surface area contributed by atoms with E-state index >= 15 is 0 Å². The number of sulfonamides is 1. The second kappa shape index (κ2) is 7.82. The summed E-state index contributed by atoms with van der Waals surface area (Å²) in [7, 11) is -3.68. The molecule has 0 saturated heterocycles. The van der Waals surface area contributed by atoms with Crippen molar-refractivity contribution in [1.82, 2.24) is 0 Å². The van der Waals surface area contributed by atoms with Crippen LogP contribution in [-0.2, 0) is 10.0 Å². The molecule has 3 atom stereocenters. The molecule has 1 heterocycles. The van der Waals surface area contributed by atoms with Gasteiger partial charge in [0.05, 0.1) is 10.9 Å². The van der Waals surface area contributed by atoms with Crippen LogP contribution >= 0.6 is 0 Å². The second-order valence-corrected chi connectivity index (χ2v) is 10.7. The van der Waals surface area contributed by atoms with Gasteiger partial charge in [0.25, 0.3) is 10.0 Å². The quantitative estimate of drug-likeness (QED) is 0.468. The maximum atomic E-state index is 13.1. The van der Waals surface area contributed by atoms with Crippen LogP contribution in [0.15, 0.2) is 77.7 Å². The molecule has 0 spiro atoms. The molecule has 0 unspecified atom stereocenters. The van der Waals surface area contributed by atoms with Crippen molar-refractivity contribution in [3.05, 3.63) is 101 Å². The third-order valence-corrected chi connectivity index (χ3v) is 8.22. The summed E-state index contributed by atoms with van der Waals surface area (Å²) < 4.78 is 29.0. The van der Waals surface area contributed by atoms with Crippen LogP contribution in [0, 0.1) is 26.7 Å². The molecule has 5 rings (SSSR count). The standard InChI is InChI=1S/C27H28N2O2S/c1-17-7-10-20(11-8-17)27-24-6-4-5-23(24)25-16-22(13-14-26(25)28-27)32(30,31)29-21-12-9-18(2)19(3)15-21/h4-5,7-16,23-24,27-29H,6H2,1-3H3/t23-,24+,27+/m0/s1. The minimum atomic E-state index is -3.68. The Bertz CT molecular complexity index is 1310. The molecule has 5 heteroatoms. The first-order chi connectivity index (χ1) is 15.3. The topological polar surface area (TPSA) is 58.2 Å². The van der Waals surface area contributed by atoms with Gasteiger partial charge in [-0.25, -0.2) is 8.42 Å². The second-order valence-electron chi connectivity index (χ2n) is 9.04. The molecule has 2 N–H and O–H groups in total. The lowest BCUT2D eigenvalue weighted by Gasteiger charge is -2.37. The van der Waals surface area contributed by atoms with Gasteiger partial charge in [0.1, 0.15) is 0 Å². The van der Waals surface area contributed by atoms with Crippen LogP contribution in [0.2, 0.25) is 0 Å². The predicted molar refractivity (Wildman–Crippen MR) is 131 cm³/mol. The van der Waals surface area contributed by atoms with E-state index in [0.717, 1.165) is 28.8 Å². The third kappa shape index (κ3) is 3.71.